The highest BCUT2D eigenvalue weighted by Crippen LogP contribution is 2.35. The molecular weight excluding hydrogens is 448 g/mol. The molecule has 1 aromatic heterocycles. The highest BCUT2D eigenvalue weighted by atomic mass is 79.9. The van der Waals surface area contributed by atoms with E-state index >= 15 is 0 Å². The van der Waals surface area contributed by atoms with Gasteiger partial charge in [-0.25, -0.2) is 13.4 Å². The van der Waals surface area contributed by atoms with E-state index in [-0.39, 0.29) is 26.9 Å². The molecule has 1 aliphatic heterocycles. The standard InChI is InChI=1S/C15H19ClN4O2S2.BrH/c1-10-14(23-15(17)18-10)11-3-4-12(16)13(9-11)24(21,22)20-7-5-19(2)6-8-20;/h3-4,9H,5-8H2,1-2H3,(H2,17,18);1H. The lowest BCUT2D eigenvalue weighted by atomic mass is 10.2. The number of aryl methyl sites for hydroxylation is 1. The van der Waals surface area contributed by atoms with E-state index in [1.54, 1.807) is 18.2 Å². The van der Waals surface area contributed by atoms with Crippen molar-refractivity contribution in [3.8, 4) is 10.4 Å². The third-order valence-electron chi connectivity index (χ3n) is 4.09. The summed E-state index contributed by atoms with van der Waals surface area (Å²) in [5.74, 6) is 0. The van der Waals surface area contributed by atoms with E-state index < -0.39 is 10.0 Å². The number of anilines is 1. The lowest BCUT2D eigenvalue weighted by molar-refractivity contribution is 0.222. The number of aromatic nitrogens is 1. The Bertz CT molecular complexity index is 864. The molecule has 2 aromatic rings. The summed E-state index contributed by atoms with van der Waals surface area (Å²) in [6.07, 6.45) is 0. The smallest absolute Gasteiger partial charge is 0.244 e. The first-order valence-electron chi connectivity index (χ1n) is 7.50. The predicted octanol–water partition coefficient (Wildman–Crippen LogP) is 2.87. The number of rotatable bonds is 3. The van der Waals surface area contributed by atoms with Gasteiger partial charge in [0.05, 0.1) is 15.6 Å². The highest BCUT2D eigenvalue weighted by Gasteiger charge is 2.29. The molecule has 2 N–H and O–H groups in total. The molecule has 1 fully saturated rings. The Labute approximate surface area is 167 Å². The minimum Gasteiger partial charge on any atom is -0.375 e. The van der Waals surface area contributed by atoms with Crippen molar-refractivity contribution >= 4 is 55.1 Å². The van der Waals surface area contributed by atoms with Crippen molar-refractivity contribution < 1.29 is 8.42 Å². The first-order chi connectivity index (χ1) is 11.3. The fraction of sp³-hybridized carbons (Fsp3) is 0.400. The average molecular weight is 468 g/mol. The molecule has 138 valence electrons. The molecular formula is C15H20BrClN4O2S2. The zero-order valence-corrected chi connectivity index (χ0v) is 18.0. The largest absolute Gasteiger partial charge is 0.375 e. The lowest BCUT2D eigenvalue weighted by Crippen LogP contribution is -2.47. The van der Waals surface area contributed by atoms with E-state index in [1.807, 2.05) is 14.0 Å². The molecule has 0 bridgehead atoms. The van der Waals surface area contributed by atoms with Crippen LogP contribution in [0.5, 0.6) is 0 Å². The topological polar surface area (TPSA) is 79.5 Å². The number of hydrogen-bond donors (Lipinski definition) is 1. The fourth-order valence-corrected chi connectivity index (χ4v) is 5.45. The van der Waals surface area contributed by atoms with Crippen LogP contribution in [0.4, 0.5) is 5.13 Å². The first-order valence-corrected chi connectivity index (χ1v) is 10.1. The third-order valence-corrected chi connectivity index (χ3v) is 7.50. The van der Waals surface area contributed by atoms with Gasteiger partial charge in [0, 0.05) is 26.2 Å². The van der Waals surface area contributed by atoms with Crippen molar-refractivity contribution in [3.05, 3.63) is 28.9 Å². The zero-order valence-electron chi connectivity index (χ0n) is 13.9. The van der Waals surface area contributed by atoms with E-state index in [2.05, 4.69) is 9.88 Å². The van der Waals surface area contributed by atoms with Crippen LogP contribution in [0.25, 0.3) is 10.4 Å². The molecule has 0 radical (unpaired) electrons. The second-order valence-electron chi connectivity index (χ2n) is 5.82. The van der Waals surface area contributed by atoms with Crippen LogP contribution >= 0.6 is 39.9 Å². The molecule has 1 saturated heterocycles. The Morgan fingerprint density at radius 2 is 1.88 bits per heavy atom. The molecule has 0 saturated carbocycles. The number of likely N-dealkylation sites (N-methyl/N-ethyl adjacent to an activating group) is 1. The molecule has 1 aliphatic rings. The molecule has 25 heavy (non-hydrogen) atoms. The van der Waals surface area contributed by atoms with E-state index in [1.165, 1.54) is 15.6 Å². The van der Waals surface area contributed by atoms with Gasteiger partial charge in [-0.2, -0.15) is 4.31 Å². The molecule has 10 heteroatoms. The van der Waals surface area contributed by atoms with Gasteiger partial charge >= 0.3 is 0 Å². The minimum atomic E-state index is -3.62. The Morgan fingerprint density at radius 3 is 2.44 bits per heavy atom. The Hall–Kier alpha value is -0.710. The van der Waals surface area contributed by atoms with Gasteiger partial charge in [0.2, 0.25) is 10.0 Å². The van der Waals surface area contributed by atoms with E-state index in [9.17, 15) is 8.42 Å². The van der Waals surface area contributed by atoms with Crippen LogP contribution in [0.3, 0.4) is 0 Å². The number of hydrogen-bond acceptors (Lipinski definition) is 6. The van der Waals surface area contributed by atoms with Gasteiger partial charge in [-0.05, 0) is 31.7 Å². The summed E-state index contributed by atoms with van der Waals surface area (Å²) in [4.78, 5) is 7.30. The van der Waals surface area contributed by atoms with Gasteiger partial charge < -0.3 is 10.6 Å². The molecule has 0 unspecified atom stereocenters. The first kappa shape index (κ1) is 20.6. The number of piperazine rings is 1. The van der Waals surface area contributed by atoms with Crippen molar-refractivity contribution in [1.29, 1.82) is 0 Å². The summed E-state index contributed by atoms with van der Waals surface area (Å²) in [7, 11) is -1.64. The van der Waals surface area contributed by atoms with Gasteiger partial charge in [0.25, 0.3) is 0 Å². The summed E-state index contributed by atoms with van der Waals surface area (Å²) in [5, 5.41) is 0.689. The quantitative estimate of drug-likeness (QED) is 0.751. The van der Waals surface area contributed by atoms with Crippen LogP contribution in [0.15, 0.2) is 23.1 Å². The maximum Gasteiger partial charge on any atom is 0.244 e. The number of thiazole rings is 1. The Balaban J connectivity index is 0.00000225. The molecule has 6 nitrogen and oxygen atoms in total. The summed E-state index contributed by atoms with van der Waals surface area (Å²) >= 11 is 7.54. The number of nitrogens with two attached hydrogens (primary N) is 1. The third kappa shape index (κ3) is 4.17. The molecule has 3 rings (SSSR count). The van der Waals surface area contributed by atoms with Crippen molar-refractivity contribution in [2.24, 2.45) is 0 Å². The normalized spacial score (nSPS) is 16.6. The number of benzene rings is 1. The minimum absolute atomic E-state index is 0. The zero-order chi connectivity index (χ0) is 17.5. The van der Waals surface area contributed by atoms with Crippen LogP contribution in [-0.2, 0) is 10.0 Å². The van der Waals surface area contributed by atoms with Gasteiger partial charge in [-0.15, -0.1) is 17.0 Å². The summed E-state index contributed by atoms with van der Waals surface area (Å²) in [5.41, 5.74) is 7.29. The monoisotopic (exact) mass is 466 g/mol. The van der Waals surface area contributed by atoms with Crippen molar-refractivity contribution in [3.63, 3.8) is 0 Å². The van der Waals surface area contributed by atoms with Crippen LogP contribution in [0.1, 0.15) is 5.69 Å². The second-order valence-corrected chi connectivity index (χ2v) is 9.16. The fourth-order valence-electron chi connectivity index (χ4n) is 2.69. The summed E-state index contributed by atoms with van der Waals surface area (Å²) in [6, 6.07) is 5.04. The number of nitrogen functional groups attached to an aromatic ring is 1. The van der Waals surface area contributed by atoms with Crippen molar-refractivity contribution in [2.45, 2.75) is 11.8 Å². The van der Waals surface area contributed by atoms with Crippen LogP contribution in [0.2, 0.25) is 5.02 Å². The number of nitrogens with zero attached hydrogens (tertiary/aromatic N) is 3. The maximum atomic E-state index is 13.0. The van der Waals surface area contributed by atoms with Gasteiger partial charge in [-0.3, -0.25) is 0 Å². The predicted molar refractivity (Wildman–Crippen MR) is 108 cm³/mol. The maximum absolute atomic E-state index is 13.0. The number of sulfonamides is 1. The Morgan fingerprint density at radius 1 is 1.24 bits per heavy atom. The SMILES string of the molecule is Br.Cc1nc(N)sc1-c1ccc(Cl)c(S(=O)(=O)N2CCN(C)CC2)c1. The highest BCUT2D eigenvalue weighted by molar-refractivity contribution is 8.93. The van der Waals surface area contributed by atoms with E-state index in [0.29, 0.717) is 31.3 Å². The van der Waals surface area contributed by atoms with E-state index in [0.717, 1.165) is 16.1 Å². The molecule has 0 atom stereocenters. The number of halogens is 2. The molecule has 0 aliphatic carbocycles. The lowest BCUT2D eigenvalue weighted by Gasteiger charge is -2.31. The average Bonchev–Trinajstić information content (AvgIpc) is 2.86. The Kier molecular flexibility index (Phi) is 6.50. The van der Waals surface area contributed by atoms with Gasteiger partial charge in [-0.1, -0.05) is 29.0 Å². The van der Waals surface area contributed by atoms with Crippen LogP contribution in [-0.4, -0.2) is 55.8 Å². The van der Waals surface area contributed by atoms with Crippen LogP contribution in [0, 0.1) is 6.92 Å². The summed E-state index contributed by atoms with van der Waals surface area (Å²) in [6.45, 7) is 4.20. The van der Waals surface area contributed by atoms with Crippen molar-refractivity contribution in [2.75, 3.05) is 39.0 Å². The second kappa shape index (κ2) is 7.89. The molecule has 1 aromatic carbocycles. The summed E-state index contributed by atoms with van der Waals surface area (Å²) < 4.78 is 27.4. The molecule has 0 amide bonds. The van der Waals surface area contributed by atoms with Crippen molar-refractivity contribution in [1.82, 2.24) is 14.2 Å². The van der Waals surface area contributed by atoms with Gasteiger partial charge in [0.15, 0.2) is 5.13 Å². The molecule has 0 spiro atoms. The van der Waals surface area contributed by atoms with Gasteiger partial charge in [0.1, 0.15) is 4.90 Å². The molecule has 2 heterocycles. The van der Waals surface area contributed by atoms with Crippen LogP contribution < -0.4 is 5.73 Å². The van der Waals surface area contributed by atoms with E-state index in [4.69, 9.17) is 17.3 Å².